The van der Waals surface area contributed by atoms with Crippen LogP contribution >= 0.6 is 0 Å². The highest BCUT2D eigenvalue weighted by Crippen LogP contribution is 2.33. The molecule has 0 unspecified atom stereocenters. The molecule has 2 aliphatic heterocycles. The molecule has 182 valence electrons. The zero-order valence-electron chi connectivity index (χ0n) is 19.8. The second-order valence-corrected chi connectivity index (χ2v) is 9.13. The van der Waals surface area contributed by atoms with E-state index in [-0.39, 0.29) is 24.0 Å². The lowest BCUT2D eigenvalue weighted by molar-refractivity contribution is -0.117. The summed E-state index contributed by atoms with van der Waals surface area (Å²) in [6.07, 6.45) is 1.59. The fraction of sp³-hybridized carbons (Fsp3) is 0.269. The number of aromatic nitrogens is 4. The van der Waals surface area contributed by atoms with Gasteiger partial charge < -0.3 is 19.5 Å². The number of Topliss-reactive ketones (excluding diaryl/α,β-unsaturated/α-hetero) is 1. The van der Waals surface area contributed by atoms with Crippen molar-refractivity contribution in [2.75, 3.05) is 40.9 Å². The summed E-state index contributed by atoms with van der Waals surface area (Å²) in [5.74, 6) is 1.08. The largest absolute Gasteiger partial charge is 0.508 e. The summed E-state index contributed by atoms with van der Waals surface area (Å²) in [4.78, 5) is 45.3. The summed E-state index contributed by atoms with van der Waals surface area (Å²) in [6, 6.07) is 14.7. The Balaban J connectivity index is 1.35. The van der Waals surface area contributed by atoms with Gasteiger partial charge in [0.25, 0.3) is 5.91 Å². The van der Waals surface area contributed by atoms with E-state index in [0.717, 1.165) is 24.3 Å². The first kappa shape index (κ1) is 22.0. The van der Waals surface area contributed by atoms with E-state index >= 15 is 0 Å². The molecule has 1 saturated heterocycles. The van der Waals surface area contributed by atoms with Crippen LogP contribution in [0.5, 0.6) is 5.75 Å². The van der Waals surface area contributed by atoms with Crippen LogP contribution in [0.15, 0.2) is 54.9 Å². The van der Waals surface area contributed by atoms with Crippen LogP contribution in [0.25, 0.3) is 11.2 Å². The van der Waals surface area contributed by atoms with E-state index in [9.17, 15) is 14.7 Å². The number of carbonyl (C=O) groups is 2. The van der Waals surface area contributed by atoms with Gasteiger partial charge in [0.15, 0.2) is 17.0 Å². The molecule has 0 atom stereocenters. The van der Waals surface area contributed by atoms with Crippen LogP contribution in [-0.2, 0) is 17.9 Å². The van der Waals surface area contributed by atoms with Crippen molar-refractivity contribution >= 4 is 40.3 Å². The number of rotatable bonds is 5. The first-order valence-electron chi connectivity index (χ1n) is 11.9. The molecule has 2 aliphatic rings. The second kappa shape index (κ2) is 8.63. The highest BCUT2D eigenvalue weighted by molar-refractivity contribution is 6.12. The summed E-state index contributed by atoms with van der Waals surface area (Å²) in [5.41, 5.74) is 3.70. The van der Waals surface area contributed by atoms with Crippen LogP contribution in [0.2, 0.25) is 0 Å². The Kier molecular flexibility index (Phi) is 5.28. The maximum atomic E-state index is 13.3. The second-order valence-electron chi connectivity index (χ2n) is 9.13. The van der Waals surface area contributed by atoms with Crippen molar-refractivity contribution < 1.29 is 14.7 Å². The van der Waals surface area contributed by atoms with Gasteiger partial charge in [0.05, 0.1) is 19.4 Å². The minimum absolute atomic E-state index is 0.0109. The minimum atomic E-state index is -0.116. The molecule has 10 heteroatoms. The number of nitrogens with zero attached hydrogens (tertiary/aromatic N) is 7. The van der Waals surface area contributed by atoms with E-state index in [1.807, 2.05) is 36.4 Å². The van der Waals surface area contributed by atoms with Crippen molar-refractivity contribution in [2.24, 2.45) is 0 Å². The fourth-order valence-corrected chi connectivity index (χ4v) is 4.86. The monoisotopic (exact) mass is 483 g/mol. The highest BCUT2D eigenvalue weighted by atomic mass is 16.3. The van der Waals surface area contributed by atoms with Gasteiger partial charge in [0.2, 0.25) is 5.95 Å². The summed E-state index contributed by atoms with van der Waals surface area (Å²) in [6.45, 7) is 4.95. The Hall–Kier alpha value is -4.47. The molecule has 0 saturated carbocycles. The standard InChI is InChI=1S/C26H25N7O3/c1-17(34)14-32-16-27-22-23(32)28-26(29-24(22)33-15-18-4-2-3-5-21(18)25(33)36)31-12-10-30(11-13-31)19-6-8-20(35)9-7-19/h2-9,16,35H,10-15H2,1H3. The number of piperazine rings is 1. The first-order valence-corrected chi connectivity index (χ1v) is 11.9. The van der Waals surface area contributed by atoms with Crippen LogP contribution in [0, 0.1) is 0 Å². The minimum Gasteiger partial charge on any atom is -0.508 e. The van der Waals surface area contributed by atoms with E-state index in [4.69, 9.17) is 9.97 Å². The number of imidazole rings is 1. The molecule has 0 radical (unpaired) electrons. The van der Waals surface area contributed by atoms with Crippen molar-refractivity contribution in [3.63, 3.8) is 0 Å². The van der Waals surface area contributed by atoms with Crippen LogP contribution in [0.3, 0.4) is 0 Å². The molecule has 2 aromatic carbocycles. The smallest absolute Gasteiger partial charge is 0.260 e. The molecule has 1 amide bonds. The van der Waals surface area contributed by atoms with E-state index in [2.05, 4.69) is 14.8 Å². The Morgan fingerprint density at radius 2 is 1.69 bits per heavy atom. The fourth-order valence-electron chi connectivity index (χ4n) is 4.86. The van der Waals surface area contributed by atoms with E-state index in [1.165, 1.54) is 6.92 Å². The summed E-state index contributed by atoms with van der Waals surface area (Å²) >= 11 is 0. The Labute approximate surface area is 207 Å². The van der Waals surface area contributed by atoms with Gasteiger partial charge >= 0.3 is 0 Å². The maximum Gasteiger partial charge on any atom is 0.260 e. The van der Waals surface area contributed by atoms with Crippen LogP contribution in [-0.4, -0.2) is 62.5 Å². The van der Waals surface area contributed by atoms with Gasteiger partial charge in [-0.05, 0) is 42.8 Å². The average Bonchev–Trinajstić information content (AvgIpc) is 3.44. The average molecular weight is 484 g/mol. The van der Waals surface area contributed by atoms with Crippen molar-refractivity contribution in [3.05, 3.63) is 66.0 Å². The van der Waals surface area contributed by atoms with Gasteiger partial charge in [-0.1, -0.05) is 18.2 Å². The highest BCUT2D eigenvalue weighted by Gasteiger charge is 2.32. The van der Waals surface area contributed by atoms with Crippen LogP contribution < -0.4 is 14.7 Å². The van der Waals surface area contributed by atoms with Crippen molar-refractivity contribution in [1.29, 1.82) is 0 Å². The van der Waals surface area contributed by atoms with E-state index < -0.39 is 0 Å². The molecular weight excluding hydrogens is 458 g/mol. The maximum absolute atomic E-state index is 13.3. The predicted molar refractivity (Wildman–Crippen MR) is 135 cm³/mol. The zero-order chi connectivity index (χ0) is 24.8. The van der Waals surface area contributed by atoms with Crippen molar-refractivity contribution in [3.8, 4) is 5.75 Å². The number of ketones is 1. The number of aromatic hydroxyl groups is 1. The molecule has 4 heterocycles. The lowest BCUT2D eigenvalue weighted by atomic mass is 10.1. The number of phenolic OH excluding ortho intramolecular Hbond substituents is 1. The number of phenols is 1. The molecular formula is C26H25N7O3. The quantitative estimate of drug-likeness (QED) is 0.462. The van der Waals surface area contributed by atoms with Gasteiger partial charge in [-0.2, -0.15) is 9.97 Å². The van der Waals surface area contributed by atoms with E-state index in [1.54, 1.807) is 27.9 Å². The van der Waals surface area contributed by atoms with Gasteiger partial charge in [0.1, 0.15) is 11.5 Å². The van der Waals surface area contributed by atoms with Crippen molar-refractivity contribution in [2.45, 2.75) is 20.0 Å². The summed E-state index contributed by atoms with van der Waals surface area (Å²) < 4.78 is 1.72. The molecule has 0 aliphatic carbocycles. The topological polar surface area (TPSA) is 108 Å². The van der Waals surface area contributed by atoms with Crippen LogP contribution in [0.4, 0.5) is 17.5 Å². The Bertz CT molecular complexity index is 1470. The lowest BCUT2D eigenvalue weighted by Gasteiger charge is -2.36. The van der Waals surface area contributed by atoms with E-state index in [0.29, 0.717) is 48.1 Å². The lowest BCUT2D eigenvalue weighted by Crippen LogP contribution is -2.47. The first-order chi connectivity index (χ1) is 17.5. The molecule has 0 spiro atoms. The third kappa shape index (κ3) is 3.80. The number of hydrogen-bond acceptors (Lipinski definition) is 8. The Morgan fingerprint density at radius 1 is 0.972 bits per heavy atom. The molecule has 6 rings (SSSR count). The molecule has 36 heavy (non-hydrogen) atoms. The SMILES string of the molecule is CC(=O)Cn1cnc2c(N3Cc4ccccc4C3=O)nc(N3CCN(c4ccc(O)cc4)CC3)nc21. The van der Waals surface area contributed by atoms with Gasteiger partial charge in [0, 0.05) is 37.4 Å². The summed E-state index contributed by atoms with van der Waals surface area (Å²) in [7, 11) is 0. The molecule has 2 aromatic heterocycles. The number of hydrogen-bond donors (Lipinski definition) is 1. The molecule has 1 fully saturated rings. The molecule has 10 nitrogen and oxygen atoms in total. The van der Waals surface area contributed by atoms with Crippen molar-refractivity contribution in [1.82, 2.24) is 19.5 Å². The molecule has 1 N–H and O–H groups in total. The van der Waals surface area contributed by atoms with Crippen LogP contribution in [0.1, 0.15) is 22.8 Å². The number of anilines is 3. The van der Waals surface area contributed by atoms with Gasteiger partial charge in [-0.25, -0.2) is 4.98 Å². The number of amides is 1. The number of carbonyl (C=O) groups excluding carboxylic acids is 2. The number of fused-ring (bicyclic) bond motifs is 2. The summed E-state index contributed by atoms with van der Waals surface area (Å²) in [5, 5.41) is 9.58. The number of benzene rings is 2. The van der Waals surface area contributed by atoms with Gasteiger partial charge in [-0.3, -0.25) is 14.5 Å². The molecule has 0 bridgehead atoms. The Morgan fingerprint density at radius 3 is 2.42 bits per heavy atom. The third-order valence-electron chi connectivity index (χ3n) is 6.68. The third-order valence-corrected chi connectivity index (χ3v) is 6.68. The van der Waals surface area contributed by atoms with Gasteiger partial charge in [-0.15, -0.1) is 0 Å². The zero-order valence-corrected chi connectivity index (χ0v) is 19.8. The normalized spacial score (nSPS) is 15.6. The molecule has 4 aromatic rings. The predicted octanol–water partition coefficient (Wildman–Crippen LogP) is 2.61.